The highest BCUT2D eigenvalue weighted by Gasteiger charge is 2.12. The van der Waals surface area contributed by atoms with Crippen LogP contribution in [0.4, 0.5) is 17.1 Å². The number of rotatable bonds is 5. The molecule has 0 spiro atoms. The van der Waals surface area contributed by atoms with Crippen LogP contribution in [0.15, 0.2) is 83.0 Å². The van der Waals surface area contributed by atoms with Crippen LogP contribution in [0.1, 0.15) is 43.0 Å². The molecule has 0 heterocycles. The van der Waals surface area contributed by atoms with E-state index in [2.05, 4.69) is 48.4 Å². The minimum atomic E-state index is -0.169. The maximum atomic E-state index is 12.4. The van der Waals surface area contributed by atoms with Crippen LogP contribution in [-0.4, -0.2) is 5.91 Å². The summed E-state index contributed by atoms with van der Waals surface area (Å²) in [5.74, 6) is -0.169. The number of carbonyl (C=O) groups excluding carboxylic acids is 1. The first-order valence-electron chi connectivity index (χ1n) is 10.4. The van der Waals surface area contributed by atoms with Crippen molar-refractivity contribution < 1.29 is 4.79 Å². The van der Waals surface area contributed by atoms with E-state index in [1.807, 2.05) is 74.5 Å². The highest BCUT2D eigenvalue weighted by molar-refractivity contribution is 6.02. The molecule has 3 rings (SSSR count). The molecule has 0 unspecified atom stereocenters. The van der Waals surface area contributed by atoms with Crippen LogP contribution in [-0.2, 0) is 10.2 Å². The van der Waals surface area contributed by atoms with Crippen molar-refractivity contribution in [2.24, 2.45) is 10.2 Å². The van der Waals surface area contributed by atoms with Gasteiger partial charge in [-0.3, -0.25) is 4.79 Å². The summed E-state index contributed by atoms with van der Waals surface area (Å²) < 4.78 is 0. The van der Waals surface area contributed by atoms with Gasteiger partial charge in [-0.2, -0.15) is 10.2 Å². The molecule has 0 saturated carbocycles. The Balaban J connectivity index is 1.64. The molecule has 3 aromatic rings. The van der Waals surface area contributed by atoms with Crippen molar-refractivity contribution in [3.8, 4) is 0 Å². The van der Waals surface area contributed by atoms with Crippen molar-refractivity contribution in [3.63, 3.8) is 0 Å². The number of aryl methyl sites for hydroxylation is 2. The van der Waals surface area contributed by atoms with Crippen LogP contribution in [0, 0.1) is 13.8 Å². The van der Waals surface area contributed by atoms with Gasteiger partial charge in [0.25, 0.3) is 0 Å². The van der Waals surface area contributed by atoms with Crippen LogP contribution in [0.2, 0.25) is 0 Å². The van der Waals surface area contributed by atoms with Crippen molar-refractivity contribution in [2.45, 2.75) is 40.0 Å². The Kier molecular flexibility index (Phi) is 6.81. The van der Waals surface area contributed by atoms with Gasteiger partial charge in [0.2, 0.25) is 5.91 Å². The van der Waals surface area contributed by atoms with Crippen molar-refractivity contribution in [1.82, 2.24) is 0 Å². The summed E-state index contributed by atoms with van der Waals surface area (Å²) in [6.07, 6.45) is 3.37. The summed E-state index contributed by atoms with van der Waals surface area (Å²) in [6, 6.07) is 21.7. The molecule has 0 fully saturated rings. The zero-order valence-corrected chi connectivity index (χ0v) is 18.8. The Morgan fingerprint density at radius 3 is 2.23 bits per heavy atom. The van der Waals surface area contributed by atoms with E-state index in [9.17, 15) is 4.79 Å². The lowest BCUT2D eigenvalue weighted by atomic mass is 9.87. The highest BCUT2D eigenvalue weighted by Crippen LogP contribution is 2.25. The normalized spacial score (nSPS) is 11.9. The monoisotopic (exact) mass is 411 g/mol. The zero-order chi connectivity index (χ0) is 22.4. The molecule has 0 saturated heterocycles. The van der Waals surface area contributed by atoms with Crippen molar-refractivity contribution in [1.29, 1.82) is 0 Å². The molecule has 0 bridgehead atoms. The summed E-state index contributed by atoms with van der Waals surface area (Å²) in [4.78, 5) is 12.4. The topological polar surface area (TPSA) is 53.8 Å². The second kappa shape index (κ2) is 9.52. The third kappa shape index (κ3) is 6.22. The van der Waals surface area contributed by atoms with Gasteiger partial charge in [0.05, 0.1) is 11.4 Å². The Hall–Kier alpha value is -3.53. The minimum absolute atomic E-state index is 0.114. The Bertz CT molecular complexity index is 1120. The van der Waals surface area contributed by atoms with E-state index >= 15 is 0 Å². The smallest absolute Gasteiger partial charge is 0.248 e. The van der Waals surface area contributed by atoms with E-state index in [1.165, 1.54) is 5.56 Å². The molecule has 0 aromatic heterocycles. The van der Waals surface area contributed by atoms with Crippen molar-refractivity contribution >= 4 is 29.0 Å². The molecule has 3 aromatic carbocycles. The van der Waals surface area contributed by atoms with E-state index < -0.39 is 0 Å². The molecule has 0 aliphatic carbocycles. The van der Waals surface area contributed by atoms with E-state index in [1.54, 1.807) is 6.08 Å². The van der Waals surface area contributed by atoms with Crippen LogP contribution in [0.25, 0.3) is 6.08 Å². The summed E-state index contributed by atoms with van der Waals surface area (Å²) >= 11 is 0. The predicted octanol–water partition coefficient (Wildman–Crippen LogP) is 7.67. The lowest BCUT2D eigenvalue weighted by Crippen LogP contribution is -2.10. The van der Waals surface area contributed by atoms with Gasteiger partial charge in [-0.1, -0.05) is 63.2 Å². The van der Waals surface area contributed by atoms with Gasteiger partial charge in [0.1, 0.15) is 0 Å². The second-order valence-corrected chi connectivity index (χ2v) is 8.68. The fraction of sp³-hybridized carbons (Fsp3) is 0.222. The fourth-order valence-electron chi connectivity index (χ4n) is 3.08. The molecular weight excluding hydrogens is 382 g/mol. The number of benzene rings is 3. The van der Waals surface area contributed by atoms with Crippen LogP contribution < -0.4 is 5.32 Å². The standard InChI is InChI=1S/C27H29N3O/c1-19-8-6-7-9-25(19)30-29-23-15-16-24(20(2)18-23)28-26(31)17-12-21-10-13-22(14-11-21)27(3,4)5/h6-18H,1-5H3,(H,28,31)/b17-12+,30-29?. The first-order valence-corrected chi connectivity index (χ1v) is 10.4. The predicted molar refractivity (Wildman–Crippen MR) is 129 cm³/mol. The molecule has 1 N–H and O–H groups in total. The first kappa shape index (κ1) is 22.2. The van der Waals surface area contributed by atoms with Crippen LogP contribution in [0.5, 0.6) is 0 Å². The maximum absolute atomic E-state index is 12.4. The molecule has 158 valence electrons. The molecule has 1 amide bonds. The van der Waals surface area contributed by atoms with Crippen molar-refractivity contribution in [2.75, 3.05) is 5.32 Å². The van der Waals surface area contributed by atoms with Gasteiger partial charge in [-0.25, -0.2) is 0 Å². The van der Waals surface area contributed by atoms with Gasteiger partial charge in [0.15, 0.2) is 0 Å². The molecule has 4 heteroatoms. The van der Waals surface area contributed by atoms with E-state index in [-0.39, 0.29) is 11.3 Å². The van der Waals surface area contributed by atoms with Gasteiger partial charge in [-0.05, 0) is 71.9 Å². The molecule has 0 atom stereocenters. The van der Waals surface area contributed by atoms with Gasteiger partial charge >= 0.3 is 0 Å². The third-order valence-electron chi connectivity index (χ3n) is 5.06. The molecule has 0 aliphatic heterocycles. The summed E-state index contributed by atoms with van der Waals surface area (Å²) in [5.41, 5.74) is 6.72. The number of hydrogen-bond acceptors (Lipinski definition) is 3. The molecule has 0 radical (unpaired) electrons. The van der Waals surface area contributed by atoms with E-state index in [0.717, 1.165) is 33.8 Å². The molecular formula is C27H29N3O. The second-order valence-electron chi connectivity index (χ2n) is 8.68. The Labute approximate surface area is 184 Å². The quantitative estimate of drug-likeness (QED) is 0.340. The number of nitrogens with zero attached hydrogens (tertiary/aromatic N) is 2. The van der Waals surface area contributed by atoms with E-state index in [4.69, 9.17) is 0 Å². The number of carbonyl (C=O) groups is 1. The zero-order valence-electron chi connectivity index (χ0n) is 18.8. The number of nitrogens with one attached hydrogen (secondary N) is 1. The lowest BCUT2D eigenvalue weighted by Gasteiger charge is -2.18. The third-order valence-corrected chi connectivity index (χ3v) is 5.06. The summed E-state index contributed by atoms with van der Waals surface area (Å²) in [7, 11) is 0. The number of anilines is 1. The molecule has 4 nitrogen and oxygen atoms in total. The molecule has 31 heavy (non-hydrogen) atoms. The minimum Gasteiger partial charge on any atom is -0.322 e. The SMILES string of the molecule is Cc1ccccc1N=Nc1ccc(NC(=O)/C=C/c2ccc(C(C)(C)C)cc2)c(C)c1. The maximum Gasteiger partial charge on any atom is 0.248 e. The summed E-state index contributed by atoms with van der Waals surface area (Å²) in [6.45, 7) is 10.5. The van der Waals surface area contributed by atoms with Crippen LogP contribution in [0.3, 0.4) is 0 Å². The van der Waals surface area contributed by atoms with Crippen molar-refractivity contribution in [3.05, 3.63) is 95.1 Å². The lowest BCUT2D eigenvalue weighted by molar-refractivity contribution is -0.111. The Morgan fingerprint density at radius 2 is 1.58 bits per heavy atom. The number of azo groups is 1. The Morgan fingerprint density at radius 1 is 0.871 bits per heavy atom. The summed E-state index contributed by atoms with van der Waals surface area (Å²) in [5, 5.41) is 11.6. The number of amides is 1. The highest BCUT2D eigenvalue weighted by atomic mass is 16.1. The average molecular weight is 412 g/mol. The molecule has 0 aliphatic rings. The average Bonchev–Trinajstić information content (AvgIpc) is 2.73. The van der Waals surface area contributed by atoms with Gasteiger partial charge in [-0.15, -0.1) is 0 Å². The van der Waals surface area contributed by atoms with Crippen LogP contribution >= 0.6 is 0 Å². The fourth-order valence-corrected chi connectivity index (χ4v) is 3.08. The van der Waals surface area contributed by atoms with E-state index in [0.29, 0.717) is 0 Å². The van der Waals surface area contributed by atoms with Gasteiger partial charge < -0.3 is 5.32 Å². The van der Waals surface area contributed by atoms with Gasteiger partial charge in [0, 0.05) is 11.8 Å². The largest absolute Gasteiger partial charge is 0.322 e. The number of hydrogen-bond donors (Lipinski definition) is 1. The first-order chi connectivity index (χ1) is 14.7.